The first-order valence-electron chi connectivity index (χ1n) is 6.58. The Morgan fingerprint density at radius 3 is 2.71 bits per heavy atom. The Labute approximate surface area is 127 Å². The van der Waals surface area contributed by atoms with E-state index >= 15 is 0 Å². The number of hydrogen-bond acceptors (Lipinski definition) is 4. The Morgan fingerprint density at radius 1 is 1.33 bits per heavy atom. The fraction of sp³-hybridized carbons (Fsp3) is 0.429. The molecule has 0 spiro atoms. The first-order chi connectivity index (χ1) is 10.0. The number of fused-ring (bicyclic) bond motifs is 1. The summed E-state index contributed by atoms with van der Waals surface area (Å²) in [7, 11) is 0. The van der Waals surface area contributed by atoms with Crippen molar-refractivity contribution in [2.75, 3.05) is 26.3 Å². The summed E-state index contributed by atoms with van der Waals surface area (Å²) >= 11 is 6.10. The number of carbonyl (C=O) groups is 2. The van der Waals surface area contributed by atoms with Gasteiger partial charge in [0, 0.05) is 6.54 Å². The van der Waals surface area contributed by atoms with Gasteiger partial charge < -0.3 is 19.5 Å². The molecule has 0 fully saturated rings. The monoisotopic (exact) mass is 313 g/mol. The van der Waals surface area contributed by atoms with E-state index in [4.69, 9.17) is 26.2 Å². The van der Waals surface area contributed by atoms with Gasteiger partial charge in [-0.3, -0.25) is 9.59 Å². The molecule has 0 atom stereocenters. The first-order valence-corrected chi connectivity index (χ1v) is 6.96. The largest absolute Gasteiger partial charge is 0.486 e. The smallest absolute Gasteiger partial charge is 0.323 e. The second-order valence-corrected chi connectivity index (χ2v) is 4.99. The third-order valence-corrected chi connectivity index (χ3v) is 3.35. The number of amides is 1. The van der Waals surface area contributed by atoms with Gasteiger partial charge in [-0.05, 0) is 24.6 Å². The lowest BCUT2D eigenvalue weighted by molar-refractivity contribution is -0.144. The molecule has 2 rings (SSSR count). The molecule has 114 valence electrons. The Balaban J connectivity index is 2.13. The molecular weight excluding hydrogens is 298 g/mol. The van der Waals surface area contributed by atoms with Gasteiger partial charge in [0.2, 0.25) is 5.91 Å². The SMILES string of the molecule is CCN(CC(=O)O)C(=O)Cc1cc(Cl)c2c(c1)OCCO2. The van der Waals surface area contributed by atoms with Crippen LogP contribution in [0.25, 0.3) is 0 Å². The van der Waals surface area contributed by atoms with Crippen molar-refractivity contribution < 1.29 is 24.2 Å². The van der Waals surface area contributed by atoms with Crippen LogP contribution >= 0.6 is 11.6 Å². The van der Waals surface area contributed by atoms with E-state index in [0.717, 1.165) is 0 Å². The summed E-state index contributed by atoms with van der Waals surface area (Å²) < 4.78 is 10.9. The fourth-order valence-corrected chi connectivity index (χ4v) is 2.38. The summed E-state index contributed by atoms with van der Waals surface area (Å²) in [6.07, 6.45) is 0.0669. The van der Waals surface area contributed by atoms with Crippen LogP contribution in [-0.2, 0) is 16.0 Å². The van der Waals surface area contributed by atoms with Gasteiger partial charge in [0.25, 0.3) is 0 Å². The van der Waals surface area contributed by atoms with Gasteiger partial charge in [0.1, 0.15) is 19.8 Å². The zero-order chi connectivity index (χ0) is 15.4. The van der Waals surface area contributed by atoms with Crippen molar-refractivity contribution in [3.63, 3.8) is 0 Å². The van der Waals surface area contributed by atoms with Crippen molar-refractivity contribution in [1.82, 2.24) is 4.90 Å². The van der Waals surface area contributed by atoms with Gasteiger partial charge >= 0.3 is 5.97 Å². The van der Waals surface area contributed by atoms with Crippen LogP contribution in [0.2, 0.25) is 5.02 Å². The minimum atomic E-state index is -1.04. The molecule has 0 aromatic heterocycles. The van der Waals surface area contributed by atoms with Gasteiger partial charge in [0.05, 0.1) is 11.4 Å². The van der Waals surface area contributed by atoms with Gasteiger partial charge in [-0.15, -0.1) is 0 Å². The normalized spacial score (nSPS) is 12.9. The molecule has 21 heavy (non-hydrogen) atoms. The standard InChI is InChI=1S/C14H16ClNO5/c1-2-16(8-13(18)19)12(17)7-9-5-10(15)14-11(6-9)20-3-4-21-14/h5-6H,2-4,7-8H2,1H3,(H,18,19). The van der Waals surface area contributed by atoms with Crippen LogP contribution < -0.4 is 9.47 Å². The highest BCUT2D eigenvalue weighted by molar-refractivity contribution is 6.32. The van der Waals surface area contributed by atoms with Gasteiger partial charge in [0.15, 0.2) is 11.5 Å². The summed E-state index contributed by atoms with van der Waals surface area (Å²) in [6, 6.07) is 3.34. The van der Waals surface area contributed by atoms with Crippen LogP contribution in [0.5, 0.6) is 11.5 Å². The topological polar surface area (TPSA) is 76.1 Å². The molecule has 1 aromatic rings. The van der Waals surface area contributed by atoms with E-state index in [2.05, 4.69) is 0 Å². The maximum atomic E-state index is 12.1. The van der Waals surface area contributed by atoms with Crippen LogP contribution in [0.15, 0.2) is 12.1 Å². The van der Waals surface area contributed by atoms with Crippen molar-refractivity contribution >= 4 is 23.5 Å². The molecule has 1 N–H and O–H groups in total. The molecular formula is C14H16ClNO5. The van der Waals surface area contributed by atoms with E-state index in [1.807, 2.05) is 0 Å². The molecule has 1 aromatic carbocycles. The molecule has 7 heteroatoms. The number of ether oxygens (including phenoxy) is 2. The van der Waals surface area contributed by atoms with E-state index in [-0.39, 0.29) is 18.9 Å². The molecule has 0 radical (unpaired) electrons. The maximum absolute atomic E-state index is 12.1. The van der Waals surface area contributed by atoms with E-state index in [1.54, 1.807) is 19.1 Å². The van der Waals surface area contributed by atoms with Crippen LogP contribution in [0.3, 0.4) is 0 Å². The van der Waals surface area contributed by atoms with Crippen LogP contribution in [-0.4, -0.2) is 48.2 Å². The number of halogens is 1. The highest BCUT2D eigenvalue weighted by Gasteiger charge is 2.20. The summed E-state index contributed by atoms with van der Waals surface area (Å²) in [5.74, 6) is -0.312. The molecule has 1 amide bonds. The third kappa shape index (κ3) is 3.78. The number of carboxylic acid groups (broad SMARTS) is 1. The average molecular weight is 314 g/mol. The van der Waals surface area contributed by atoms with Crippen molar-refractivity contribution in [1.29, 1.82) is 0 Å². The second kappa shape index (κ2) is 6.67. The van der Waals surface area contributed by atoms with Crippen molar-refractivity contribution in [2.45, 2.75) is 13.3 Å². The number of likely N-dealkylation sites (N-methyl/N-ethyl adjacent to an activating group) is 1. The molecule has 1 aliphatic rings. The lowest BCUT2D eigenvalue weighted by Crippen LogP contribution is -2.36. The minimum Gasteiger partial charge on any atom is -0.486 e. The van der Waals surface area contributed by atoms with Crippen LogP contribution in [0.4, 0.5) is 0 Å². The quantitative estimate of drug-likeness (QED) is 0.893. The van der Waals surface area contributed by atoms with Crippen LogP contribution in [0, 0.1) is 0 Å². The summed E-state index contributed by atoms with van der Waals surface area (Å²) in [4.78, 5) is 24.1. The third-order valence-electron chi connectivity index (χ3n) is 3.07. The minimum absolute atomic E-state index is 0.0669. The lowest BCUT2D eigenvalue weighted by Gasteiger charge is -2.21. The zero-order valence-electron chi connectivity index (χ0n) is 11.6. The predicted octanol–water partition coefficient (Wildman–Crippen LogP) is 1.59. The zero-order valence-corrected chi connectivity index (χ0v) is 12.4. The predicted molar refractivity (Wildman–Crippen MR) is 76.0 cm³/mol. The Bertz CT molecular complexity index is 561. The number of carboxylic acids is 1. The van der Waals surface area contributed by atoms with Crippen molar-refractivity contribution in [2.24, 2.45) is 0 Å². The highest BCUT2D eigenvalue weighted by Crippen LogP contribution is 2.38. The van der Waals surface area contributed by atoms with E-state index in [0.29, 0.717) is 41.8 Å². The molecule has 0 saturated carbocycles. The number of rotatable bonds is 5. The molecule has 0 saturated heterocycles. The first kappa shape index (κ1) is 15.4. The van der Waals surface area contributed by atoms with Crippen molar-refractivity contribution in [3.05, 3.63) is 22.7 Å². The molecule has 0 unspecified atom stereocenters. The second-order valence-electron chi connectivity index (χ2n) is 4.58. The number of aliphatic carboxylic acids is 1. The number of benzene rings is 1. The summed E-state index contributed by atoms with van der Waals surface area (Å²) in [5.41, 5.74) is 0.665. The molecule has 0 bridgehead atoms. The molecule has 0 aliphatic carbocycles. The Hall–Kier alpha value is -1.95. The fourth-order valence-electron chi connectivity index (χ4n) is 2.09. The highest BCUT2D eigenvalue weighted by atomic mass is 35.5. The van der Waals surface area contributed by atoms with Crippen molar-refractivity contribution in [3.8, 4) is 11.5 Å². The molecule has 6 nitrogen and oxygen atoms in total. The molecule has 1 aliphatic heterocycles. The van der Waals surface area contributed by atoms with Gasteiger partial charge in [-0.25, -0.2) is 0 Å². The van der Waals surface area contributed by atoms with E-state index in [1.165, 1.54) is 4.90 Å². The van der Waals surface area contributed by atoms with E-state index < -0.39 is 5.97 Å². The van der Waals surface area contributed by atoms with Crippen LogP contribution in [0.1, 0.15) is 12.5 Å². The molecule has 1 heterocycles. The van der Waals surface area contributed by atoms with Gasteiger partial charge in [-0.2, -0.15) is 0 Å². The Morgan fingerprint density at radius 2 is 2.05 bits per heavy atom. The van der Waals surface area contributed by atoms with Gasteiger partial charge in [-0.1, -0.05) is 11.6 Å². The maximum Gasteiger partial charge on any atom is 0.323 e. The number of hydrogen-bond donors (Lipinski definition) is 1. The summed E-state index contributed by atoms with van der Waals surface area (Å²) in [6.45, 7) is 2.63. The van der Waals surface area contributed by atoms with E-state index in [9.17, 15) is 9.59 Å². The lowest BCUT2D eigenvalue weighted by atomic mass is 10.1. The summed E-state index contributed by atoms with van der Waals surface area (Å²) in [5, 5.41) is 9.17. The average Bonchev–Trinajstić information content (AvgIpc) is 2.44. The number of nitrogens with zero attached hydrogens (tertiary/aromatic N) is 1. The Kier molecular flexibility index (Phi) is 4.90. The number of carbonyl (C=O) groups excluding carboxylic acids is 1.